The van der Waals surface area contributed by atoms with E-state index in [4.69, 9.17) is 88.6 Å². The summed E-state index contributed by atoms with van der Waals surface area (Å²) in [5.74, 6) is -4.00. The molecule has 8 nitrogen and oxygen atoms in total. The van der Waals surface area contributed by atoms with Crippen molar-refractivity contribution < 1.29 is 38.1 Å². The van der Waals surface area contributed by atoms with Gasteiger partial charge in [-0.1, -0.05) is 110 Å². The van der Waals surface area contributed by atoms with Crippen LogP contribution in [0.1, 0.15) is 86.9 Å². The minimum absolute atomic E-state index is 0.0966. The molecule has 4 rings (SSSR count). The maximum Gasteiger partial charge on any atom is 0.423 e. The lowest BCUT2D eigenvalue weighted by Gasteiger charge is -2.31. The van der Waals surface area contributed by atoms with Crippen molar-refractivity contribution in [3.63, 3.8) is 0 Å². The number of hydrogen-bond acceptors (Lipinski definition) is 8. The number of halogens is 6. The fraction of sp³-hybridized carbons (Fsp3) is 0.529. The van der Waals surface area contributed by atoms with E-state index in [1.54, 1.807) is 0 Å². The zero-order chi connectivity index (χ0) is 35.4. The van der Waals surface area contributed by atoms with Gasteiger partial charge in [-0.3, -0.25) is 0 Å². The van der Waals surface area contributed by atoms with Crippen LogP contribution in [-0.4, -0.2) is 37.1 Å². The summed E-state index contributed by atoms with van der Waals surface area (Å²) in [6.07, 6.45) is 5.50. The molecule has 0 N–H and O–H groups in total. The molecule has 262 valence electrons. The summed E-state index contributed by atoms with van der Waals surface area (Å²) in [5.41, 5.74) is -0.897. The second kappa shape index (κ2) is 16.8. The van der Waals surface area contributed by atoms with Crippen molar-refractivity contribution in [1.29, 1.82) is 0 Å². The highest BCUT2D eigenvalue weighted by atomic mass is 35.5. The van der Waals surface area contributed by atoms with Crippen molar-refractivity contribution in [2.45, 2.75) is 66.2 Å². The van der Waals surface area contributed by atoms with Gasteiger partial charge in [0.15, 0.2) is 11.5 Å². The van der Waals surface area contributed by atoms with Crippen LogP contribution < -0.4 is 9.47 Å². The Kier molecular flexibility index (Phi) is 13.6. The van der Waals surface area contributed by atoms with Crippen LogP contribution in [0.2, 0.25) is 30.1 Å². The van der Waals surface area contributed by atoms with E-state index in [1.165, 1.54) is 0 Å². The van der Waals surface area contributed by atoms with E-state index in [2.05, 4.69) is 27.7 Å². The first kappa shape index (κ1) is 38.9. The number of hydrogen-bond donors (Lipinski definition) is 0. The Morgan fingerprint density at radius 1 is 0.562 bits per heavy atom. The third-order valence-electron chi connectivity index (χ3n) is 9.53. The van der Waals surface area contributed by atoms with Gasteiger partial charge in [-0.25, -0.2) is 19.2 Å². The molecular weight excluding hydrogens is 749 g/mol. The van der Waals surface area contributed by atoms with E-state index in [0.717, 1.165) is 50.7 Å². The highest BCUT2D eigenvalue weighted by Gasteiger charge is 2.34. The van der Waals surface area contributed by atoms with Gasteiger partial charge in [0.2, 0.25) is 0 Å². The molecule has 2 fully saturated rings. The topological polar surface area (TPSA) is 105 Å². The quantitative estimate of drug-likeness (QED) is 0.113. The minimum atomic E-state index is -1.63. The van der Waals surface area contributed by atoms with Gasteiger partial charge in [0.05, 0.1) is 43.3 Å². The van der Waals surface area contributed by atoms with E-state index >= 15 is 0 Å². The predicted molar refractivity (Wildman–Crippen MR) is 186 cm³/mol. The minimum Gasteiger partial charge on any atom is -0.462 e. The van der Waals surface area contributed by atoms with Crippen molar-refractivity contribution in [3.8, 4) is 11.5 Å². The van der Waals surface area contributed by atoms with Crippen LogP contribution in [0.3, 0.4) is 0 Å². The van der Waals surface area contributed by atoms with E-state index in [-0.39, 0.29) is 55.2 Å². The van der Waals surface area contributed by atoms with Gasteiger partial charge >= 0.3 is 23.9 Å². The molecule has 0 aromatic heterocycles. The first-order valence-corrected chi connectivity index (χ1v) is 18.0. The Labute approximate surface area is 309 Å². The number of benzene rings is 2. The van der Waals surface area contributed by atoms with Crippen LogP contribution >= 0.6 is 69.6 Å². The zero-order valence-corrected chi connectivity index (χ0v) is 31.3. The summed E-state index contributed by atoms with van der Waals surface area (Å²) >= 11 is 37.6. The van der Waals surface area contributed by atoms with Crippen molar-refractivity contribution in [3.05, 3.63) is 53.4 Å². The number of carbonyl (C=O) groups is 4. The van der Waals surface area contributed by atoms with E-state index < -0.39 is 46.5 Å². The molecule has 2 aliphatic rings. The average molecular weight is 785 g/mol. The summed E-state index contributed by atoms with van der Waals surface area (Å²) in [4.78, 5) is 52.6. The Morgan fingerprint density at radius 3 is 1.25 bits per heavy atom. The first-order chi connectivity index (χ1) is 22.6. The maximum atomic E-state index is 13.2. The van der Waals surface area contributed by atoms with Crippen molar-refractivity contribution >= 4 is 93.5 Å². The van der Waals surface area contributed by atoms with Gasteiger partial charge in [-0.15, -0.1) is 0 Å². The predicted octanol–water partition coefficient (Wildman–Crippen LogP) is 10.6. The molecule has 14 heteroatoms. The maximum absolute atomic E-state index is 13.2. The van der Waals surface area contributed by atoms with Crippen LogP contribution in [-0.2, 0) is 19.1 Å². The average Bonchev–Trinajstić information content (AvgIpc) is 3.03. The summed E-state index contributed by atoms with van der Waals surface area (Å²) < 4.78 is 21.5. The largest absolute Gasteiger partial charge is 0.462 e. The molecule has 0 aliphatic heterocycles. The van der Waals surface area contributed by atoms with E-state index in [9.17, 15) is 19.2 Å². The van der Waals surface area contributed by atoms with Crippen molar-refractivity contribution in [2.24, 2.45) is 35.5 Å². The molecule has 0 saturated heterocycles. The first-order valence-electron chi connectivity index (χ1n) is 15.7. The number of carbonyl (C=O) groups excluding carboxylic acids is 4. The van der Waals surface area contributed by atoms with Crippen LogP contribution in [0.15, 0.2) is 12.1 Å². The van der Waals surface area contributed by atoms with Gasteiger partial charge < -0.3 is 18.9 Å². The summed E-state index contributed by atoms with van der Waals surface area (Å²) in [5, 5.41) is -1.43. The molecule has 6 unspecified atom stereocenters. The Bertz CT molecular complexity index is 1460. The summed E-state index contributed by atoms with van der Waals surface area (Å²) in [6, 6.07) is 2.27. The van der Waals surface area contributed by atoms with Crippen LogP contribution in [0, 0.1) is 35.5 Å². The monoisotopic (exact) mass is 782 g/mol. The normalized spacial score (nSPS) is 24.0. The van der Waals surface area contributed by atoms with E-state index in [1.807, 2.05) is 0 Å². The SMILES string of the molecule is CC1CCC(COC(=O)c2c(Cl)c(Cl)cc(Cl)c2OC(=O)C(=O)Oc2c(Cl)cc(Cl)c(Cl)c2C(=O)OCC2CCC(C)C(C)C2)CC1C. The van der Waals surface area contributed by atoms with Gasteiger partial charge in [0, 0.05) is 0 Å². The highest BCUT2D eigenvalue weighted by molar-refractivity contribution is 6.47. The van der Waals surface area contributed by atoms with Gasteiger partial charge in [-0.2, -0.15) is 0 Å². The van der Waals surface area contributed by atoms with Crippen molar-refractivity contribution in [1.82, 2.24) is 0 Å². The second-order valence-electron chi connectivity index (χ2n) is 13.0. The molecule has 48 heavy (non-hydrogen) atoms. The number of rotatable bonds is 8. The molecule has 2 aromatic carbocycles. The molecule has 2 saturated carbocycles. The third kappa shape index (κ3) is 9.23. The molecule has 0 radical (unpaired) electrons. The Hall–Kier alpha value is -1.94. The third-order valence-corrected chi connectivity index (χ3v) is 11.7. The molecule has 6 atom stereocenters. The van der Waals surface area contributed by atoms with Crippen LogP contribution in [0.25, 0.3) is 0 Å². The fourth-order valence-corrected chi connectivity index (χ4v) is 7.58. The summed E-state index contributed by atoms with van der Waals surface area (Å²) in [6.45, 7) is 8.87. The van der Waals surface area contributed by atoms with Crippen LogP contribution in [0.5, 0.6) is 11.5 Å². The van der Waals surface area contributed by atoms with E-state index in [0.29, 0.717) is 23.7 Å². The Morgan fingerprint density at radius 2 is 0.917 bits per heavy atom. The summed E-state index contributed by atoms with van der Waals surface area (Å²) in [7, 11) is 0. The molecule has 0 bridgehead atoms. The molecule has 0 heterocycles. The highest BCUT2D eigenvalue weighted by Crippen LogP contribution is 2.42. The smallest absolute Gasteiger partial charge is 0.423 e. The van der Waals surface area contributed by atoms with Gasteiger partial charge in [0.25, 0.3) is 0 Å². The molecule has 2 aliphatic carbocycles. The standard InChI is InChI=1S/C34H36Cl6O8/c1-15-5-7-19(9-17(15)3)13-45-31(41)25-27(39)21(35)11-23(37)29(25)47-33(43)34(44)48-30-24(38)12-22(36)28(40)26(30)32(42)46-14-20-8-6-16(2)18(4)10-20/h11-12,15-20H,5-10,13-14H2,1-4H3. The molecule has 0 spiro atoms. The molecule has 0 amide bonds. The van der Waals surface area contributed by atoms with Gasteiger partial charge in [-0.05, 0) is 73.3 Å². The number of esters is 4. The van der Waals surface area contributed by atoms with Crippen LogP contribution in [0.4, 0.5) is 0 Å². The molecule has 2 aromatic rings. The lowest BCUT2D eigenvalue weighted by molar-refractivity contribution is -0.156. The van der Waals surface area contributed by atoms with Gasteiger partial charge in [0.1, 0.15) is 11.1 Å². The van der Waals surface area contributed by atoms with Crippen molar-refractivity contribution in [2.75, 3.05) is 13.2 Å². The second-order valence-corrected chi connectivity index (χ2v) is 15.3. The fourth-order valence-electron chi connectivity index (χ4n) is 6.14. The number of ether oxygens (including phenoxy) is 4. The lowest BCUT2D eigenvalue weighted by atomic mass is 9.76. The molecular formula is C34H36Cl6O8. The Balaban J connectivity index is 1.51. The lowest BCUT2D eigenvalue weighted by Crippen LogP contribution is -2.28. The zero-order valence-electron chi connectivity index (χ0n) is 26.8.